The van der Waals surface area contributed by atoms with Gasteiger partial charge in [0.15, 0.2) is 5.65 Å². The van der Waals surface area contributed by atoms with E-state index in [1.807, 2.05) is 0 Å². The summed E-state index contributed by atoms with van der Waals surface area (Å²) in [7, 11) is 1.46. The number of carbonyl (C=O) groups is 1. The van der Waals surface area contributed by atoms with Crippen molar-refractivity contribution >= 4 is 17.1 Å². The van der Waals surface area contributed by atoms with E-state index in [0.29, 0.717) is 5.82 Å². The topological polar surface area (TPSA) is 113 Å². The van der Waals surface area contributed by atoms with Crippen molar-refractivity contribution in [2.24, 2.45) is 7.05 Å². The van der Waals surface area contributed by atoms with Crippen molar-refractivity contribution in [3.8, 4) is 0 Å². The maximum absolute atomic E-state index is 13.5. The molecule has 3 rings (SSSR count). The second-order valence-corrected chi connectivity index (χ2v) is 5.68. The highest BCUT2D eigenvalue weighted by Gasteiger charge is 2.13. The Morgan fingerprint density at radius 1 is 1.23 bits per heavy atom. The van der Waals surface area contributed by atoms with Crippen molar-refractivity contribution in [2.45, 2.75) is 19.4 Å². The number of amides is 1. The van der Waals surface area contributed by atoms with Gasteiger partial charge >= 0.3 is 5.69 Å². The zero-order valence-electron chi connectivity index (χ0n) is 13.7. The molecule has 0 bridgehead atoms. The Labute approximate surface area is 144 Å². The number of benzene rings is 1. The molecule has 8 nitrogen and oxygen atoms in total. The molecule has 0 atom stereocenters. The number of hydrogen-bond donors (Lipinski definition) is 3. The third-order valence-electron chi connectivity index (χ3n) is 3.92. The lowest BCUT2D eigenvalue weighted by Gasteiger charge is -2.06. The number of rotatable bonds is 5. The van der Waals surface area contributed by atoms with E-state index >= 15 is 0 Å². The third kappa shape index (κ3) is 3.39. The molecule has 0 aliphatic carbocycles. The van der Waals surface area contributed by atoms with Gasteiger partial charge in [-0.3, -0.25) is 19.1 Å². The number of halogens is 2. The Morgan fingerprint density at radius 3 is 2.62 bits per heavy atom. The van der Waals surface area contributed by atoms with E-state index in [9.17, 15) is 23.2 Å². The number of nitrogens with zero attached hydrogens (tertiary/aromatic N) is 2. The van der Waals surface area contributed by atoms with Crippen LogP contribution in [0.1, 0.15) is 17.8 Å². The molecule has 136 valence electrons. The van der Waals surface area contributed by atoms with Crippen molar-refractivity contribution in [2.75, 3.05) is 0 Å². The average molecular weight is 363 g/mol. The number of fused-ring (bicyclic) bond motifs is 1. The number of H-pyrrole nitrogens is 2. The van der Waals surface area contributed by atoms with Crippen molar-refractivity contribution in [1.82, 2.24) is 24.8 Å². The lowest BCUT2D eigenvalue weighted by molar-refractivity contribution is -0.121. The molecule has 10 heteroatoms. The molecule has 0 saturated heterocycles. The largest absolute Gasteiger partial charge is 0.352 e. The summed E-state index contributed by atoms with van der Waals surface area (Å²) in [5.74, 6) is -1.56. The monoisotopic (exact) mass is 363 g/mol. The van der Waals surface area contributed by atoms with Crippen LogP contribution < -0.4 is 16.6 Å². The van der Waals surface area contributed by atoms with Gasteiger partial charge in [0, 0.05) is 32.0 Å². The summed E-state index contributed by atoms with van der Waals surface area (Å²) in [5, 5.41) is 2.43. The lowest BCUT2D eigenvalue weighted by Crippen LogP contribution is -2.28. The molecule has 0 unspecified atom stereocenters. The van der Waals surface area contributed by atoms with Gasteiger partial charge in [-0.1, -0.05) is 6.07 Å². The first-order valence-electron chi connectivity index (χ1n) is 7.74. The zero-order valence-corrected chi connectivity index (χ0v) is 13.7. The minimum atomic E-state index is -0.734. The molecule has 0 saturated carbocycles. The minimum absolute atomic E-state index is 0.0122. The highest BCUT2D eigenvalue weighted by atomic mass is 19.1. The van der Waals surface area contributed by atoms with Crippen LogP contribution in [0.3, 0.4) is 0 Å². The summed E-state index contributed by atoms with van der Waals surface area (Å²) in [6.07, 6.45) is 0.148. The maximum atomic E-state index is 13.5. The second kappa shape index (κ2) is 6.90. The molecule has 3 N–H and O–H groups in total. The molecule has 2 aromatic heterocycles. The Morgan fingerprint density at radius 2 is 1.92 bits per heavy atom. The van der Waals surface area contributed by atoms with Crippen LogP contribution in [-0.2, 0) is 24.8 Å². The number of aryl methyl sites for hydroxylation is 2. The van der Waals surface area contributed by atoms with Crippen molar-refractivity contribution < 1.29 is 13.6 Å². The minimum Gasteiger partial charge on any atom is -0.352 e. The predicted molar refractivity (Wildman–Crippen MR) is 88.5 cm³/mol. The molecule has 0 aliphatic rings. The number of hydrogen-bond acceptors (Lipinski definition) is 4. The molecule has 0 radical (unpaired) electrons. The van der Waals surface area contributed by atoms with Crippen LogP contribution in [0.4, 0.5) is 8.78 Å². The van der Waals surface area contributed by atoms with Crippen LogP contribution in [0.2, 0.25) is 0 Å². The number of aromatic amines is 2. The van der Waals surface area contributed by atoms with Crippen LogP contribution in [0, 0.1) is 11.6 Å². The fraction of sp³-hybridized carbons (Fsp3) is 0.250. The molecule has 0 fully saturated rings. The van der Waals surface area contributed by atoms with E-state index in [2.05, 4.69) is 20.3 Å². The lowest BCUT2D eigenvalue weighted by atomic mass is 10.2. The summed E-state index contributed by atoms with van der Waals surface area (Å²) in [6, 6.07) is 3.47. The fourth-order valence-electron chi connectivity index (χ4n) is 2.48. The van der Waals surface area contributed by atoms with Crippen LogP contribution >= 0.6 is 0 Å². The SMILES string of the molecule is Cn1c(=O)[nH]c(=O)c2[nH]c(CCC(=O)NCc3c(F)cccc3F)nc21. The summed E-state index contributed by atoms with van der Waals surface area (Å²) >= 11 is 0. The molecule has 3 aromatic rings. The predicted octanol–water partition coefficient (Wildman–Crippen LogP) is 0.477. The van der Waals surface area contributed by atoms with E-state index < -0.39 is 28.8 Å². The number of aromatic nitrogens is 4. The van der Waals surface area contributed by atoms with Crippen molar-refractivity contribution in [3.63, 3.8) is 0 Å². The van der Waals surface area contributed by atoms with Gasteiger partial charge < -0.3 is 10.3 Å². The molecular formula is C16H15F2N5O3. The quantitative estimate of drug-likeness (QED) is 0.612. The highest BCUT2D eigenvalue weighted by molar-refractivity contribution is 5.76. The standard InChI is InChI=1S/C16H15F2N5O3/c1-23-14-13(15(25)22-16(23)26)20-11(21-14)5-6-12(24)19-7-8-9(17)3-2-4-10(8)18/h2-4H,5-7H2,1H3,(H,19,24)(H,20,21)(H,22,25,26). The van der Waals surface area contributed by atoms with E-state index in [-0.39, 0.29) is 36.1 Å². The number of carbonyl (C=O) groups excluding carboxylic acids is 1. The first kappa shape index (κ1) is 17.5. The highest BCUT2D eigenvalue weighted by Crippen LogP contribution is 2.11. The number of imidazole rings is 1. The van der Waals surface area contributed by atoms with Gasteiger partial charge in [-0.05, 0) is 12.1 Å². The average Bonchev–Trinajstić information content (AvgIpc) is 3.03. The first-order chi connectivity index (χ1) is 12.4. The Bertz CT molecular complexity index is 1080. The van der Waals surface area contributed by atoms with E-state index in [0.717, 1.165) is 12.1 Å². The smallest absolute Gasteiger partial charge is 0.329 e. The zero-order chi connectivity index (χ0) is 18.8. The van der Waals surface area contributed by atoms with Gasteiger partial charge in [0.1, 0.15) is 23.0 Å². The third-order valence-corrected chi connectivity index (χ3v) is 3.92. The fourth-order valence-corrected chi connectivity index (χ4v) is 2.48. The van der Waals surface area contributed by atoms with E-state index in [1.165, 1.54) is 17.7 Å². The molecule has 0 spiro atoms. The molecule has 2 heterocycles. The van der Waals surface area contributed by atoms with Gasteiger partial charge in [-0.15, -0.1) is 0 Å². The number of nitrogens with one attached hydrogen (secondary N) is 3. The Balaban J connectivity index is 1.66. The van der Waals surface area contributed by atoms with Crippen LogP contribution in [0.25, 0.3) is 11.2 Å². The van der Waals surface area contributed by atoms with Crippen molar-refractivity contribution in [1.29, 1.82) is 0 Å². The molecule has 1 amide bonds. The Hall–Kier alpha value is -3.30. The van der Waals surface area contributed by atoms with Crippen LogP contribution in [0.15, 0.2) is 27.8 Å². The molecule has 26 heavy (non-hydrogen) atoms. The summed E-state index contributed by atoms with van der Waals surface area (Å²) in [5.41, 5.74) is -1.09. The summed E-state index contributed by atoms with van der Waals surface area (Å²) < 4.78 is 28.2. The van der Waals surface area contributed by atoms with Crippen LogP contribution in [-0.4, -0.2) is 25.4 Å². The summed E-state index contributed by atoms with van der Waals surface area (Å²) in [6.45, 7) is -0.272. The van der Waals surface area contributed by atoms with Gasteiger partial charge in [-0.2, -0.15) is 0 Å². The van der Waals surface area contributed by atoms with Gasteiger partial charge in [-0.25, -0.2) is 18.6 Å². The summed E-state index contributed by atoms with van der Waals surface area (Å²) in [4.78, 5) is 44.2. The van der Waals surface area contributed by atoms with Gasteiger partial charge in [0.2, 0.25) is 5.91 Å². The van der Waals surface area contributed by atoms with Gasteiger partial charge in [0.25, 0.3) is 5.56 Å². The molecule has 1 aromatic carbocycles. The normalized spacial score (nSPS) is 11.0. The molecule has 0 aliphatic heterocycles. The van der Waals surface area contributed by atoms with Crippen molar-refractivity contribution in [3.05, 3.63) is 62.1 Å². The van der Waals surface area contributed by atoms with Gasteiger partial charge in [0.05, 0.1) is 0 Å². The first-order valence-corrected chi connectivity index (χ1v) is 7.74. The second-order valence-electron chi connectivity index (χ2n) is 5.68. The van der Waals surface area contributed by atoms with E-state index in [1.54, 1.807) is 0 Å². The maximum Gasteiger partial charge on any atom is 0.329 e. The van der Waals surface area contributed by atoms with E-state index in [4.69, 9.17) is 0 Å². The molecular weight excluding hydrogens is 348 g/mol. The Kier molecular flexibility index (Phi) is 4.65. The van der Waals surface area contributed by atoms with Crippen LogP contribution in [0.5, 0.6) is 0 Å².